The molecule has 1 fully saturated rings. The van der Waals surface area contributed by atoms with E-state index < -0.39 is 6.09 Å². The van der Waals surface area contributed by atoms with Gasteiger partial charge >= 0.3 is 12.1 Å². The largest absolute Gasteiger partial charge is 0.468 e. The van der Waals surface area contributed by atoms with Crippen LogP contribution in [0.3, 0.4) is 0 Å². The summed E-state index contributed by atoms with van der Waals surface area (Å²) in [4.78, 5) is 38.0. The van der Waals surface area contributed by atoms with E-state index in [0.717, 1.165) is 34.9 Å². The summed E-state index contributed by atoms with van der Waals surface area (Å²) < 4.78 is 11.2. The number of carbonyl (C=O) groups is 2. The quantitative estimate of drug-likeness (QED) is 0.263. The van der Waals surface area contributed by atoms with Crippen molar-refractivity contribution in [3.8, 4) is 22.9 Å². The third kappa shape index (κ3) is 5.88. The van der Waals surface area contributed by atoms with E-state index in [1.807, 2.05) is 49.4 Å². The Morgan fingerprint density at radius 1 is 1.07 bits per heavy atom. The van der Waals surface area contributed by atoms with Crippen LogP contribution >= 0.6 is 0 Å². The SMILES string of the molecule is COC(=O)CNc1cccc2c(Oc3ncccc3-c3ccnc(N[C@H]4CCCN(C(=O)O)C4)n3)c(C)ccc12. The topological polar surface area (TPSA) is 139 Å². The number of likely N-dealkylation sites (tertiary alicyclic amines) is 1. The van der Waals surface area contributed by atoms with E-state index in [1.54, 1.807) is 18.5 Å². The van der Waals surface area contributed by atoms with Crippen LogP contribution in [0.25, 0.3) is 22.0 Å². The van der Waals surface area contributed by atoms with Crippen LogP contribution in [-0.4, -0.2) is 69.8 Å². The van der Waals surface area contributed by atoms with Gasteiger partial charge < -0.3 is 30.1 Å². The molecule has 0 spiro atoms. The molecule has 40 heavy (non-hydrogen) atoms. The van der Waals surface area contributed by atoms with E-state index in [1.165, 1.54) is 12.0 Å². The first-order valence-electron chi connectivity index (χ1n) is 13.0. The monoisotopic (exact) mass is 542 g/mol. The lowest BCUT2D eigenvalue weighted by atomic mass is 10.0. The Kier molecular flexibility index (Phi) is 7.90. The van der Waals surface area contributed by atoms with Crippen LogP contribution in [0.4, 0.5) is 16.4 Å². The van der Waals surface area contributed by atoms with Gasteiger partial charge in [-0.3, -0.25) is 4.79 Å². The number of nitrogens with zero attached hydrogens (tertiary/aromatic N) is 4. The molecule has 5 rings (SSSR count). The van der Waals surface area contributed by atoms with Gasteiger partial charge in [-0.05, 0) is 49.6 Å². The molecule has 0 radical (unpaired) electrons. The summed E-state index contributed by atoms with van der Waals surface area (Å²) in [5, 5.41) is 17.5. The standard InChI is InChI=1S/C29H30N6O5/c1-18-10-11-20-21(7-3-9-23(20)32-16-25(36)39-2)26(18)40-27-22(8-4-13-30-27)24-12-14-31-28(34-24)33-19-6-5-15-35(17-19)29(37)38/h3-4,7-14,19,32H,5-6,15-17H2,1-2H3,(H,37,38)(H,31,33,34)/t19-/m0/s1. The Morgan fingerprint density at radius 2 is 1.95 bits per heavy atom. The molecular weight excluding hydrogens is 512 g/mol. The van der Waals surface area contributed by atoms with Crippen LogP contribution in [0.15, 0.2) is 60.9 Å². The first-order valence-corrected chi connectivity index (χ1v) is 13.0. The second-order valence-electron chi connectivity index (χ2n) is 9.48. The van der Waals surface area contributed by atoms with Crippen molar-refractivity contribution < 1.29 is 24.2 Å². The molecule has 11 nitrogen and oxygen atoms in total. The molecule has 2 aromatic carbocycles. The first kappa shape index (κ1) is 26.7. The Morgan fingerprint density at radius 3 is 2.77 bits per heavy atom. The maximum Gasteiger partial charge on any atom is 0.407 e. The number of benzene rings is 2. The van der Waals surface area contributed by atoms with Crippen LogP contribution in [0, 0.1) is 6.92 Å². The van der Waals surface area contributed by atoms with E-state index >= 15 is 0 Å². The van der Waals surface area contributed by atoms with Crippen LogP contribution in [0.5, 0.6) is 11.6 Å². The van der Waals surface area contributed by atoms with E-state index in [-0.39, 0.29) is 18.6 Å². The number of aromatic nitrogens is 3. The maximum atomic E-state index is 11.7. The number of anilines is 2. The predicted octanol–water partition coefficient (Wildman–Crippen LogP) is 4.93. The molecule has 2 aromatic heterocycles. The Hall–Kier alpha value is -4.93. The fourth-order valence-corrected chi connectivity index (χ4v) is 4.76. The highest BCUT2D eigenvalue weighted by Crippen LogP contribution is 2.38. The zero-order chi connectivity index (χ0) is 28.1. The Bertz CT molecular complexity index is 1540. The summed E-state index contributed by atoms with van der Waals surface area (Å²) in [7, 11) is 1.35. The lowest BCUT2D eigenvalue weighted by Gasteiger charge is -2.31. The fourth-order valence-electron chi connectivity index (χ4n) is 4.76. The molecule has 0 aliphatic carbocycles. The zero-order valence-corrected chi connectivity index (χ0v) is 22.3. The molecule has 0 bridgehead atoms. The molecule has 4 aromatic rings. The van der Waals surface area contributed by atoms with Gasteiger partial charge in [0.25, 0.3) is 0 Å². The molecule has 3 N–H and O–H groups in total. The number of carbonyl (C=O) groups excluding carboxylic acids is 1. The number of rotatable bonds is 8. The number of nitrogens with one attached hydrogen (secondary N) is 2. The summed E-state index contributed by atoms with van der Waals surface area (Å²) in [5.41, 5.74) is 2.99. The van der Waals surface area contributed by atoms with Crippen LogP contribution < -0.4 is 15.4 Å². The molecule has 206 valence electrons. The van der Waals surface area contributed by atoms with Gasteiger partial charge in [0.05, 0.1) is 18.4 Å². The number of methoxy groups -OCH3 is 1. The molecule has 1 aliphatic rings. The average Bonchev–Trinajstić information content (AvgIpc) is 2.97. The highest BCUT2D eigenvalue weighted by atomic mass is 16.5. The number of aryl methyl sites for hydroxylation is 1. The number of pyridine rings is 1. The van der Waals surface area contributed by atoms with Crippen LogP contribution in [0.2, 0.25) is 0 Å². The van der Waals surface area contributed by atoms with Gasteiger partial charge in [0.2, 0.25) is 11.8 Å². The van der Waals surface area contributed by atoms with Gasteiger partial charge in [0, 0.05) is 48.0 Å². The van der Waals surface area contributed by atoms with E-state index in [4.69, 9.17) is 14.5 Å². The lowest BCUT2D eigenvalue weighted by Crippen LogP contribution is -2.44. The summed E-state index contributed by atoms with van der Waals surface area (Å²) in [6.07, 6.45) is 3.99. The number of amides is 1. The van der Waals surface area contributed by atoms with Gasteiger partial charge in [-0.25, -0.2) is 19.7 Å². The number of hydrogen-bond donors (Lipinski definition) is 3. The van der Waals surface area contributed by atoms with E-state index in [2.05, 4.69) is 20.6 Å². The number of fused-ring (bicyclic) bond motifs is 1. The third-order valence-electron chi connectivity index (χ3n) is 6.79. The number of carboxylic acid groups (broad SMARTS) is 1. The summed E-state index contributed by atoms with van der Waals surface area (Å²) in [5.74, 6) is 1.07. The van der Waals surface area contributed by atoms with E-state index in [0.29, 0.717) is 41.9 Å². The fraction of sp³-hybridized carbons (Fsp3) is 0.276. The average molecular weight is 543 g/mol. The van der Waals surface area contributed by atoms with Gasteiger partial charge in [-0.2, -0.15) is 0 Å². The van der Waals surface area contributed by atoms with Gasteiger partial charge in [0.15, 0.2) is 0 Å². The van der Waals surface area contributed by atoms with Crippen molar-refractivity contribution in [2.24, 2.45) is 0 Å². The number of esters is 1. The molecule has 1 amide bonds. The van der Waals surface area contributed by atoms with E-state index in [9.17, 15) is 14.7 Å². The van der Waals surface area contributed by atoms with Gasteiger partial charge in [-0.1, -0.05) is 24.3 Å². The third-order valence-corrected chi connectivity index (χ3v) is 6.79. The minimum absolute atomic E-state index is 0.0450. The molecule has 1 aliphatic heterocycles. The highest BCUT2D eigenvalue weighted by molar-refractivity contribution is 5.99. The second kappa shape index (κ2) is 11.9. The van der Waals surface area contributed by atoms with Crippen molar-refractivity contribution in [2.45, 2.75) is 25.8 Å². The van der Waals surface area contributed by atoms with Crippen molar-refractivity contribution in [3.63, 3.8) is 0 Å². The number of piperidine rings is 1. The molecule has 1 saturated heterocycles. The molecule has 0 unspecified atom stereocenters. The molecule has 1 atom stereocenters. The van der Waals surface area contributed by atoms with Crippen molar-refractivity contribution in [1.82, 2.24) is 19.9 Å². The highest BCUT2D eigenvalue weighted by Gasteiger charge is 2.24. The molecule has 3 heterocycles. The smallest absolute Gasteiger partial charge is 0.407 e. The Labute approximate surface area is 231 Å². The number of hydrogen-bond acceptors (Lipinski definition) is 9. The second-order valence-corrected chi connectivity index (χ2v) is 9.48. The van der Waals surface area contributed by atoms with Crippen molar-refractivity contribution in [3.05, 3.63) is 66.5 Å². The minimum Gasteiger partial charge on any atom is -0.468 e. The minimum atomic E-state index is -0.923. The summed E-state index contributed by atoms with van der Waals surface area (Å²) in [6.45, 7) is 2.91. The maximum absolute atomic E-state index is 11.7. The number of ether oxygens (including phenoxy) is 2. The summed E-state index contributed by atoms with van der Waals surface area (Å²) >= 11 is 0. The normalized spacial score (nSPS) is 14.9. The Balaban J connectivity index is 1.43. The van der Waals surface area contributed by atoms with Crippen molar-refractivity contribution >= 4 is 34.5 Å². The molecule has 11 heteroatoms. The first-order chi connectivity index (χ1) is 19.4. The molecular formula is C29H30N6O5. The van der Waals surface area contributed by atoms with Gasteiger partial charge in [0.1, 0.15) is 12.3 Å². The zero-order valence-electron chi connectivity index (χ0n) is 22.3. The van der Waals surface area contributed by atoms with Gasteiger partial charge in [-0.15, -0.1) is 0 Å². The predicted molar refractivity (Wildman–Crippen MR) is 151 cm³/mol. The molecule has 0 saturated carbocycles. The summed E-state index contributed by atoms with van der Waals surface area (Å²) in [6, 6.07) is 15.1. The van der Waals surface area contributed by atoms with Crippen molar-refractivity contribution in [1.29, 1.82) is 0 Å². The van der Waals surface area contributed by atoms with Crippen molar-refractivity contribution in [2.75, 3.05) is 37.4 Å². The van der Waals surface area contributed by atoms with Crippen LogP contribution in [0.1, 0.15) is 18.4 Å². The lowest BCUT2D eigenvalue weighted by molar-refractivity contribution is -0.138. The van der Waals surface area contributed by atoms with Crippen LogP contribution in [-0.2, 0) is 9.53 Å².